The number of anilines is 1. The molecule has 4 heteroatoms. The summed E-state index contributed by atoms with van der Waals surface area (Å²) < 4.78 is 5.33. The van der Waals surface area contributed by atoms with E-state index in [1.807, 2.05) is 12.1 Å². The van der Waals surface area contributed by atoms with Gasteiger partial charge >= 0.3 is 0 Å². The summed E-state index contributed by atoms with van der Waals surface area (Å²) in [6.07, 6.45) is 0.450. The standard InChI is InChI=1S/C15H22N2O2/c1-11(2)12-3-5-13(6-4-12)17-15(18)9-14-10-19-8-7-16-14/h3-6,11,14,16H,7-10H2,1-2H3,(H,17,18). The Bertz CT molecular complexity index is 409. The van der Waals surface area contributed by atoms with E-state index in [-0.39, 0.29) is 11.9 Å². The summed E-state index contributed by atoms with van der Waals surface area (Å²) in [5.74, 6) is 0.536. The molecule has 1 unspecified atom stereocenters. The fourth-order valence-corrected chi connectivity index (χ4v) is 2.14. The van der Waals surface area contributed by atoms with Crippen molar-refractivity contribution in [1.29, 1.82) is 0 Å². The minimum absolute atomic E-state index is 0.0281. The molecule has 1 heterocycles. The van der Waals surface area contributed by atoms with Gasteiger partial charge < -0.3 is 15.4 Å². The van der Waals surface area contributed by atoms with Crippen molar-refractivity contribution < 1.29 is 9.53 Å². The first kappa shape index (κ1) is 14.0. The molecule has 1 fully saturated rings. The number of ether oxygens (including phenoxy) is 1. The third-order valence-corrected chi connectivity index (χ3v) is 3.29. The SMILES string of the molecule is CC(C)c1ccc(NC(=O)CC2COCCN2)cc1. The Kier molecular flexibility index (Phi) is 4.93. The van der Waals surface area contributed by atoms with E-state index in [0.717, 1.165) is 18.8 Å². The normalized spacial score (nSPS) is 19.4. The van der Waals surface area contributed by atoms with Crippen LogP contribution in [0.3, 0.4) is 0 Å². The maximum absolute atomic E-state index is 11.9. The van der Waals surface area contributed by atoms with Gasteiger partial charge in [0.05, 0.1) is 13.2 Å². The Morgan fingerprint density at radius 1 is 1.42 bits per heavy atom. The van der Waals surface area contributed by atoms with E-state index in [0.29, 0.717) is 18.9 Å². The van der Waals surface area contributed by atoms with Crippen LogP contribution in [-0.2, 0) is 9.53 Å². The number of carbonyl (C=O) groups is 1. The second-order valence-corrected chi connectivity index (χ2v) is 5.25. The number of carbonyl (C=O) groups excluding carboxylic acids is 1. The number of benzene rings is 1. The van der Waals surface area contributed by atoms with Crippen molar-refractivity contribution in [1.82, 2.24) is 5.32 Å². The molecule has 1 amide bonds. The van der Waals surface area contributed by atoms with Gasteiger partial charge in [-0.25, -0.2) is 0 Å². The fraction of sp³-hybridized carbons (Fsp3) is 0.533. The molecule has 1 aliphatic rings. The number of hydrogen-bond acceptors (Lipinski definition) is 3. The average molecular weight is 262 g/mol. The van der Waals surface area contributed by atoms with Gasteiger partial charge in [-0.2, -0.15) is 0 Å². The maximum Gasteiger partial charge on any atom is 0.226 e. The molecule has 1 saturated heterocycles. The zero-order valence-electron chi connectivity index (χ0n) is 11.6. The van der Waals surface area contributed by atoms with Crippen molar-refractivity contribution in [3.05, 3.63) is 29.8 Å². The first-order chi connectivity index (χ1) is 9.15. The monoisotopic (exact) mass is 262 g/mol. The van der Waals surface area contributed by atoms with E-state index >= 15 is 0 Å². The van der Waals surface area contributed by atoms with Crippen molar-refractivity contribution in [3.8, 4) is 0 Å². The Hall–Kier alpha value is -1.39. The zero-order valence-corrected chi connectivity index (χ0v) is 11.6. The fourth-order valence-electron chi connectivity index (χ4n) is 2.14. The molecular weight excluding hydrogens is 240 g/mol. The predicted molar refractivity (Wildman–Crippen MR) is 76.4 cm³/mol. The zero-order chi connectivity index (χ0) is 13.7. The summed E-state index contributed by atoms with van der Waals surface area (Å²) >= 11 is 0. The quantitative estimate of drug-likeness (QED) is 0.874. The van der Waals surface area contributed by atoms with Crippen LogP contribution in [0.4, 0.5) is 5.69 Å². The van der Waals surface area contributed by atoms with Crippen molar-refractivity contribution in [2.24, 2.45) is 0 Å². The van der Waals surface area contributed by atoms with Crippen LogP contribution in [0.15, 0.2) is 24.3 Å². The van der Waals surface area contributed by atoms with Crippen LogP contribution >= 0.6 is 0 Å². The largest absolute Gasteiger partial charge is 0.378 e. The lowest BCUT2D eigenvalue weighted by atomic mass is 10.0. The molecule has 0 saturated carbocycles. The highest BCUT2D eigenvalue weighted by Gasteiger charge is 2.16. The molecule has 4 nitrogen and oxygen atoms in total. The number of rotatable bonds is 4. The van der Waals surface area contributed by atoms with Gasteiger partial charge in [0.25, 0.3) is 0 Å². The van der Waals surface area contributed by atoms with E-state index in [4.69, 9.17) is 4.74 Å². The van der Waals surface area contributed by atoms with Crippen LogP contribution in [0.5, 0.6) is 0 Å². The highest BCUT2D eigenvalue weighted by Crippen LogP contribution is 2.17. The van der Waals surface area contributed by atoms with Gasteiger partial charge in [0, 0.05) is 24.7 Å². The topological polar surface area (TPSA) is 50.4 Å². The van der Waals surface area contributed by atoms with Crippen LogP contribution in [0.2, 0.25) is 0 Å². The van der Waals surface area contributed by atoms with Crippen LogP contribution in [0, 0.1) is 0 Å². The Balaban J connectivity index is 1.84. The molecular formula is C15H22N2O2. The molecule has 0 aromatic heterocycles. The van der Waals surface area contributed by atoms with E-state index in [2.05, 4.69) is 36.6 Å². The third kappa shape index (κ3) is 4.33. The van der Waals surface area contributed by atoms with Gasteiger partial charge in [0.15, 0.2) is 0 Å². The number of hydrogen-bond donors (Lipinski definition) is 2. The smallest absolute Gasteiger partial charge is 0.226 e. The van der Waals surface area contributed by atoms with Gasteiger partial charge in [-0.15, -0.1) is 0 Å². The molecule has 1 aromatic carbocycles. The number of morpholine rings is 1. The molecule has 0 radical (unpaired) electrons. The highest BCUT2D eigenvalue weighted by atomic mass is 16.5. The lowest BCUT2D eigenvalue weighted by Crippen LogP contribution is -2.43. The van der Waals surface area contributed by atoms with E-state index in [1.54, 1.807) is 0 Å². The summed E-state index contributed by atoms with van der Waals surface area (Å²) in [5, 5.41) is 6.19. The first-order valence-corrected chi connectivity index (χ1v) is 6.86. The molecule has 0 bridgehead atoms. The van der Waals surface area contributed by atoms with Crippen LogP contribution in [-0.4, -0.2) is 31.7 Å². The molecule has 1 aliphatic heterocycles. The first-order valence-electron chi connectivity index (χ1n) is 6.86. The minimum atomic E-state index is 0.0281. The summed E-state index contributed by atoms with van der Waals surface area (Å²) in [5.41, 5.74) is 2.13. The summed E-state index contributed by atoms with van der Waals surface area (Å²) in [7, 11) is 0. The Labute approximate surface area is 114 Å². The number of nitrogens with one attached hydrogen (secondary N) is 2. The molecule has 1 atom stereocenters. The molecule has 19 heavy (non-hydrogen) atoms. The summed E-state index contributed by atoms with van der Waals surface area (Å²) in [6.45, 7) is 6.47. The van der Waals surface area contributed by atoms with Gasteiger partial charge in [-0.1, -0.05) is 26.0 Å². The van der Waals surface area contributed by atoms with Gasteiger partial charge in [-0.3, -0.25) is 4.79 Å². The van der Waals surface area contributed by atoms with Crippen molar-refractivity contribution in [2.75, 3.05) is 25.1 Å². The molecule has 0 aliphatic carbocycles. The van der Waals surface area contributed by atoms with Crippen LogP contribution in [0.1, 0.15) is 31.7 Å². The van der Waals surface area contributed by atoms with Gasteiger partial charge in [-0.05, 0) is 23.6 Å². The third-order valence-electron chi connectivity index (χ3n) is 3.29. The Morgan fingerprint density at radius 2 is 2.16 bits per heavy atom. The number of amides is 1. The maximum atomic E-state index is 11.9. The second kappa shape index (κ2) is 6.68. The van der Waals surface area contributed by atoms with Gasteiger partial charge in [0.1, 0.15) is 0 Å². The lowest BCUT2D eigenvalue weighted by Gasteiger charge is -2.23. The molecule has 2 rings (SSSR count). The van der Waals surface area contributed by atoms with Crippen LogP contribution < -0.4 is 10.6 Å². The van der Waals surface area contributed by atoms with Crippen LogP contribution in [0.25, 0.3) is 0 Å². The summed E-state index contributed by atoms with van der Waals surface area (Å²) in [6, 6.07) is 8.16. The molecule has 2 N–H and O–H groups in total. The lowest BCUT2D eigenvalue weighted by molar-refractivity contribution is -0.117. The van der Waals surface area contributed by atoms with Gasteiger partial charge in [0.2, 0.25) is 5.91 Å². The van der Waals surface area contributed by atoms with E-state index < -0.39 is 0 Å². The molecule has 1 aromatic rings. The molecule has 104 valence electrons. The van der Waals surface area contributed by atoms with Crippen molar-refractivity contribution in [2.45, 2.75) is 32.2 Å². The van der Waals surface area contributed by atoms with Crippen molar-refractivity contribution >= 4 is 11.6 Å². The molecule has 0 spiro atoms. The van der Waals surface area contributed by atoms with E-state index in [9.17, 15) is 4.79 Å². The minimum Gasteiger partial charge on any atom is -0.378 e. The van der Waals surface area contributed by atoms with E-state index in [1.165, 1.54) is 5.56 Å². The highest BCUT2D eigenvalue weighted by molar-refractivity contribution is 5.91. The predicted octanol–water partition coefficient (Wildman–Crippen LogP) is 2.13. The average Bonchev–Trinajstić information content (AvgIpc) is 2.40. The second-order valence-electron chi connectivity index (χ2n) is 5.25. The Morgan fingerprint density at radius 3 is 2.74 bits per heavy atom. The van der Waals surface area contributed by atoms with Crippen molar-refractivity contribution in [3.63, 3.8) is 0 Å². The summed E-state index contributed by atoms with van der Waals surface area (Å²) in [4.78, 5) is 11.9.